The van der Waals surface area contributed by atoms with Crippen molar-refractivity contribution in [1.82, 2.24) is 0 Å². The predicted molar refractivity (Wildman–Crippen MR) is 109 cm³/mol. The Morgan fingerprint density at radius 3 is 1.64 bits per heavy atom. The molecule has 2 aromatic heterocycles. The lowest BCUT2D eigenvalue weighted by Crippen LogP contribution is -1.82. The predicted octanol–water partition coefficient (Wildman–Crippen LogP) is 7.06. The Bertz CT molecular complexity index is 1560. The molecule has 0 N–H and O–H groups in total. The molecule has 0 aliphatic carbocycles. The Morgan fingerprint density at radius 1 is 0.643 bits per heavy atom. The zero-order chi connectivity index (χ0) is 18.8. The van der Waals surface area contributed by atoms with E-state index in [-0.39, 0.29) is 0 Å². The van der Waals surface area contributed by atoms with Crippen molar-refractivity contribution < 1.29 is 8.83 Å². The normalized spacial score (nSPS) is 11.5. The van der Waals surface area contributed by atoms with Crippen LogP contribution in [0.4, 0.5) is 5.88 Å². The van der Waals surface area contributed by atoms with Gasteiger partial charge in [-0.15, -0.1) is 0 Å². The van der Waals surface area contributed by atoms with Crippen molar-refractivity contribution in [3.63, 3.8) is 0 Å². The van der Waals surface area contributed by atoms with Gasteiger partial charge in [-0.25, -0.2) is 0 Å². The molecule has 0 aliphatic rings. The van der Waals surface area contributed by atoms with E-state index in [0.29, 0.717) is 11.6 Å². The number of hydrogen-bond donors (Lipinski definition) is 0. The minimum Gasteiger partial charge on any atom is -0.480 e. The summed E-state index contributed by atoms with van der Waals surface area (Å²) in [5.74, 6) is 0.621. The summed E-state index contributed by atoms with van der Waals surface area (Å²) in [6.07, 6.45) is 0. The minimum atomic E-state index is 0.303. The van der Waals surface area contributed by atoms with E-state index in [4.69, 9.17) is 20.7 Å². The Labute approximate surface area is 158 Å². The standard InChI is InChI=1S/C24H10N2O2/c1-26-24-11-21-19-5-3-14-15(17(19)7-9-23(21)28-24)2-4-18-16(14)6-8-22-20(18)10-13(12-25)27-22/h2-11H. The Morgan fingerprint density at radius 2 is 1.11 bits per heavy atom. The molecule has 2 heterocycles. The summed E-state index contributed by atoms with van der Waals surface area (Å²) < 4.78 is 11.2. The van der Waals surface area contributed by atoms with E-state index in [1.165, 1.54) is 0 Å². The summed E-state index contributed by atoms with van der Waals surface area (Å²) in [7, 11) is 0. The maximum Gasteiger partial charge on any atom is 0.346 e. The lowest BCUT2D eigenvalue weighted by molar-refractivity contribution is 0.599. The Kier molecular flexibility index (Phi) is 2.72. The number of benzene rings is 4. The molecule has 0 amide bonds. The SMILES string of the molecule is [C-]#[N+]c1cc2c(ccc3c2ccc2c4ccc5oc(C#N)cc5c4ccc32)o1. The number of nitriles is 1. The van der Waals surface area contributed by atoms with Gasteiger partial charge in [-0.05, 0) is 50.5 Å². The van der Waals surface area contributed by atoms with Crippen LogP contribution in [0.2, 0.25) is 0 Å². The molecule has 28 heavy (non-hydrogen) atoms. The van der Waals surface area contributed by atoms with Crippen LogP contribution in [0.3, 0.4) is 0 Å². The second-order valence-corrected chi connectivity index (χ2v) is 6.79. The molecular formula is C24H10N2O2. The van der Waals surface area contributed by atoms with Crippen molar-refractivity contribution in [2.45, 2.75) is 0 Å². The van der Waals surface area contributed by atoms with Crippen LogP contribution in [-0.4, -0.2) is 0 Å². The van der Waals surface area contributed by atoms with Crippen LogP contribution in [0.1, 0.15) is 5.76 Å². The first-order chi connectivity index (χ1) is 13.8. The van der Waals surface area contributed by atoms with Crippen molar-refractivity contribution in [1.29, 1.82) is 5.26 Å². The smallest absolute Gasteiger partial charge is 0.346 e. The largest absolute Gasteiger partial charge is 0.480 e. The molecule has 128 valence electrons. The van der Waals surface area contributed by atoms with Crippen molar-refractivity contribution in [2.24, 2.45) is 0 Å². The fourth-order valence-corrected chi connectivity index (χ4v) is 4.17. The van der Waals surface area contributed by atoms with Crippen LogP contribution in [0.15, 0.2) is 69.5 Å². The average Bonchev–Trinajstić information content (AvgIpc) is 3.36. The van der Waals surface area contributed by atoms with Crippen LogP contribution < -0.4 is 0 Å². The van der Waals surface area contributed by atoms with E-state index in [1.54, 1.807) is 12.1 Å². The van der Waals surface area contributed by atoms with Gasteiger partial charge in [0.25, 0.3) is 0 Å². The molecule has 6 aromatic rings. The number of hydrogen-bond acceptors (Lipinski definition) is 3. The summed E-state index contributed by atoms with van der Waals surface area (Å²) in [5, 5.41) is 17.7. The maximum atomic E-state index is 9.14. The van der Waals surface area contributed by atoms with Crippen LogP contribution >= 0.6 is 0 Å². The molecular weight excluding hydrogens is 348 g/mol. The van der Waals surface area contributed by atoms with Gasteiger partial charge in [-0.3, -0.25) is 0 Å². The molecule has 4 heteroatoms. The first-order valence-electron chi connectivity index (χ1n) is 8.78. The quantitative estimate of drug-likeness (QED) is 0.216. The molecule has 0 unspecified atom stereocenters. The lowest BCUT2D eigenvalue weighted by Gasteiger charge is -2.08. The Balaban J connectivity index is 1.76. The van der Waals surface area contributed by atoms with Gasteiger partial charge in [0.05, 0.1) is 6.57 Å². The molecule has 4 nitrogen and oxygen atoms in total. The zero-order valence-corrected chi connectivity index (χ0v) is 14.5. The first kappa shape index (κ1) is 14.8. The highest BCUT2D eigenvalue weighted by molar-refractivity contribution is 6.24. The van der Waals surface area contributed by atoms with Gasteiger partial charge in [0.1, 0.15) is 17.2 Å². The van der Waals surface area contributed by atoms with Gasteiger partial charge in [0.15, 0.2) is 0 Å². The van der Waals surface area contributed by atoms with E-state index in [2.05, 4.69) is 35.2 Å². The lowest BCUT2D eigenvalue weighted by atomic mass is 9.95. The monoisotopic (exact) mass is 358 g/mol. The molecule has 0 aliphatic heterocycles. The van der Waals surface area contributed by atoms with Gasteiger partial charge >= 0.3 is 5.88 Å². The second kappa shape index (κ2) is 5.13. The van der Waals surface area contributed by atoms with Gasteiger partial charge in [0.2, 0.25) is 5.76 Å². The van der Waals surface area contributed by atoms with Crippen LogP contribution in [0, 0.1) is 17.9 Å². The van der Waals surface area contributed by atoms with Crippen molar-refractivity contribution >= 4 is 60.1 Å². The molecule has 0 saturated carbocycles. The third-order valence-electron chi connectivity index (χ3n) is 5.40. The topological polar surface area (TPSA) is 54.4 Å². The first-order valence-corrected chi connectivity index (χ1v) is 8.78. The van der Waals surface area contributed by atoms with E-state index in [1.807, 2.05) is 24.3 Å². The summed E-state index contributed by atoms with van der Waals surface area (Å²) >= 11 is 0. The number of fused-ring (bicyclic) bond motifs is 9. The van der Waals surface area contributed by atoms with E-state index >= 15 is 0 Å². The van der Waals surface area contributed by atoms with Crippen LogP contribution in [-0.2, 0) is 0 Å². The van der Waals surface area contributed by atoms with E-state index in [9.17, 15) is 0 Å². The van der Waals surface area contributed by atoms with Gasteiger partial charge in [-0.2, -0.15) is 10.1 Å². The Hall–Kier alpha value is -4.28. The van der Waals surface area contributed by atoms with Gasteiger partial charge < -0.3 is 8.83 Å². The van der Waals surface area contributed by atoms with Gasteiger partial charge in [0, 0.05) is 16.8 Å². The van der Waals surface area contributed by atoms with Crippen molar-refractivity contribution in [2.75, 3.05) is 0 Å². The van der Waals surface area contributed by atoms with Crippen LogP contribution in [0.5, 0.6) is 0 Å². The highest BCUT2D eigenvalue weighted by atomic mass is 16.3. The molecule has 6 rings (SSSR count). The molecule has 0 radical (unpaired) electrons. The highest BCUT2D eigenvalue weighted by Crippen LogP contribution is 2.38. The molecule has 0 fully saturated rings. The molecule has 0 saturated heterocycles. The molecule has 0 bridgehead atoms. The molecule has 4 aromatic carbocycles. The summed E-state index contributed by atoms with van der Waals surface area (Å²) in [4.78, 5) is 3.41. The van der Waals surface area contributed by atoms with Crippen LogP contribution in [0.25, 0.3) is 59.1 Å². The average molecular weight is 358 g/mol. The fourth-order valence-electron chi connectivity index (χ4n) is 4.17. The maximum absolute atomic E-state index is 9.14. The number of rotatable bonds is 0. The molecule has 0 spiro atoms. The zero-order valence-electron chi connectivity index (χ0n) is 14.5. The van der Waals surface area contributed by atoms with E-state index < -0.39 is 0 Å². The summed E-state index contributed by atoms with van der Waals surface area (Å²) in [5.41, 5.74) is 1.44. The summed E-state index contributed by atoms with van der Waals surface area (Å²) in [6.45, 7) is 7.19. The third-order valence-corrected chi connectivity index (χ3v) is 5.40. The second-order valence-electron chi connectivity index (χ2n) is 6.79. The van der Waals surface area contributed by atoms with E-state index in [0.717, 1.165) is 54.3 Å². The van der Waals surface area contributed by atoms with Gasteiger partial charge in [-0.1, -0.05) is 36.4 Å². The van der Waals surface area contributed by atoms with Crippen molar-refractivity contribution in [3.8, 4) is 6.07 Å². The summed E-state index contributed by atoms with van der Waals surface area (Å²) in [6, 6.07) is 22.0. The molecule has 0 atom stereocenters. The third kappa shape index (κ3) is 1.81. The minimum absolute atomic E-state index is 0.303. The number of nitrogens with zero attached hydrogens (tertiary/aromatic N) is 2. The number of furan rings is 2. The highest BCUT2D eigenvalue weighted by Gasteiger charge is 2.13. The fraction of sp³-hybridized carbons (Fsp3) is 0. The van der Waals surface area contributed by atoms with Crippen molar-refractivity contribution in [3.05, 3.63) is 77.8 Å².